The molecule has 0 amide bonds. The Balaban J connectivity index is 2.91. The maximum atomic E-state index is 9.84. The maximum absolute atomic E-state index is 9.84. The third-order valence-electron chi connectivity index (χ3n) is 1.87. The number of rotatable bonds is 3. The van der Waals surface area contributed by atoms with Crippen molar-refractivity contribution >= 4 is 22.9 Å². The molecule has 1 heterocycles. The number of hydrogen-bond acceptors (Lipinski definition) is 3. The number of likely N-dealkylation sites (N-methyl/N-ethyl adjacent to an activating group) is 1. The summed E-state index contributed by atoms with van der Waals surface area (Å²) in [6.45, 7) is 3.56. The van der Waals surface area contributed by atoms with Gasteiger partial charge in [0.25, 0.3) is 0 Å². The summed E-state index contributed by atoms with van der Waals surface area (Å²) in [5.74, 6) is 0. The molecule has 4 heteroatoms. The van der Waals surface area contributed by atoms with Crippen LogP contribution in [0.25, 0.3) is 0 Å². The molecular formula is C9H14ClNOS. The second kappa shape index (κ2) is 3.96. The molecule has 1 unspecified atom stereocenters. The topological polar surface area (TPSA) is 32.3 Å². The van der Waals surface area contributed by atoms with Crippen molar-refractivity contribution < 1.29 is 5.11 Å². The van der Waals surface area contributed by atoms with Gasteiger partial charge in [0.15, 0.2) is 0 Å². The van der Waals surface area contributed by atoms with E-state index in [2.05, 4.69) is 5.32 Å². The third kappa shape index (κ3) is 2.68. The van der Waals surface area contributed by atoms with Crippen LogP contribution in [0, 0.1) is 0 Å². The number of aliphatic hydroxyl groups is 1. The first kappa shape index (κ1) is 11.0. The van der Waals surface area contributed by atoms with Crippen LogP contribution in [0.2, 0.25) is 4.34 Å². The minimum atomic E-state index is -0.775. The summed E-state index contributed by atoms with van der Waals surface area (Å²) in [4.78, 5) is 1.06. The smallest absolute Gasteiger partial charge is 0.0931 e. The fourth-order valence-electron chi connectivity index (χ4n) is 1.33. The van der Waals surface area contributed by atoms with E-state index < -0.39 is 5.60 Å². The average molecular weight is 220 g/mol. The summed E-state index contributed by atoms with van der Waals surface area (Å²) in [6, 6.07) is 3.72. The van der Waals surface area contributed by atoms with Gasteiger partial charge in [0.2, 0.25) is 0 Å². The first-order valence-corrected chi connectivity index (χ1v) is 5.29. The van der Waals surface area contributed by atoms with Crippen LogP contribution in [-0.2, 0) is 0 Å². The van der Waals surface area contributed by atoms with Gasteiger partial charge in [0.05, 0.1) is 16.0 Å². The zero-order valence-electron chi connectivity index (χ0n) is 7.97. The quantitative estimate of drug-likeness (QED) is 0.819. The van der Waals surface area contributed by atoms with E-state index in [0.717, 1.165) is 9.21 Å². The highest BCUT2D eigenvalue weighted by atomic mass is 35.5. The fourth-order valence-corrected chi connectivity index (χ4v) is 2.68. The van der Waals surface area contributed by atoms with Gasteiger partial charge < -0.3 is 10.4 Å². The molecule has 0 aliphatic rings. The minimum absolute atomic E-state index is 0.0648. The maximum Gasteiger partial charge on any atom is 0.0931 e. The lowest BCUT2D eigenvalue weighted by Gasteiger charge is -2.27. The van der Waals surface area contributed by atoms with E-state index in [4.69, 9.17) is 11.6 Å². The minimum Gasteiger partial charge on any atom is -0.388 e. The predicted molar refractivity (Wildman–Crippen MR) is 57.4 cm³/mol. The van der Waals surface area contributed by atoms with Crippen molar-refractivity contribution in [2.45, 2.75) is 25.5 Å². The van der Waals surface area contributed by atoms with Gasteiger partial charge in [0.1, 0.15) is 0 Å². The van der Waals surface area contributed by atoms with Crippen molar-refractivity contribution in [2.75, 3.05) is 7.05 Å². The molecular weight excluding hydrogens is 206 g/mol. The van der Waals surface area contributed by atoms with Crippen molar-refractivity contribution in [1.82, 2.24) is 5.32 Å². The molecule has 1 atom stereocenters. The molecule has 74 valence electrons. The SMILES string of the molecule is CNC(c1ccc(Cl)s1)C(C)(C)O. The number of nitrogens with one attached hydrogen (secondary N) is 1. The predicted octanol–water partition coefficient (Wildman–Crippen LogP) is 2.43. The van der Waals surface area contributed by atoms with Gasteiger partial charge in [-0.25, -0.2) is 0 Å². The van der Waals surface area contributed by atoms with Gasteiger partial charge in [-0.3, -0.25) is 0 Å². The Morgan fingerprint density at radius 3 is 2.46 bits per heavy atom. The summed E-state index contributed by atoms with van der Waals surface area (Å²) in [5, 5.41) is 12.9. The highest BCUT2D eigenvalue weighted by Gasteiger charge is 2.27. The summed E-state index contributed by atoms with van der Waals surface area (Å²) in [6.07, 6.45) is 0. The number of halogens is 1. The zero-order valence-corrected chi connectivity index (χ0v) is 9.54. The Morgan fingerprint density at radius 2 is 2.15 bits per heavy atom. The molecule has 0 aromatic carbocycles. The van der Waals surface area contributed by atoms with Gasteiger partial charge in [-0.1, -0.05) is 11.6 Å². The molecule has 0 radical (unpaired) electrons. The number of thiophene rings is 1. The molecule has 13 heavy (non-hydrogen) atoms. The van der Waals surface area contributed by atoms with Gasteiger partial charge in [-0.15, -0.1) is 11.3 Å². The lowest BCUT2D eigenvalue weighted by molar-refractivity contribution is 0.0413. The van der Waals surface area contributed by atoms with Crippen LogP contribution in [0.4, 0.5) is 0 Å². The van der Waals surface area contributed by atoms with E-state index in [1.54, 1.807) is 13.8 Å². The van der Waals surface area contributed by atoms with Crippen LogP contribution in [0.1, 0.15) is 24.8 Å². The Bertz CT molecular complexity index is 279. The molecule has 1 aromatic heterocycles. The summed E-state index contributed by atoms with van der Waals surface area (Å²) in [7, 11) is 1.83. The Kier molecular flexibility index (Phi) is 3.35. The van der Waals surface area contributed by atoms with Gasteiger partial charge >= 0.3 is 0 Å². The van der Waals surface area contributed by atoms with Crippen molar-refractivity contribution in [3.8, 4) is 0 Å². The van der Waals surface area contributed by atoms with Crippen LogP contribution in [-0.4, -0.2) is 17.8 Å². The van der Waals surface area contributed by atoms with Crippen LogP contribution in [0.15, 0.2) is 12.1 Å². The van der Waals surface area contributed by atoms with Crippen molar-refractivity contribution in [2.24, 2.45) is 0 Å². The van der Waals surface area contributed by atoms with Crippen molar-refractivity contribution in [3.05, 3.63) is 21.3 Å². The fraction of sp³-hybridized carbons (Fsp3) is 0.556. The Labute approximate surface area is 87.5 Å². The summed E-state index contributed by atoms with van der Waals surface area (Å²) >= 11 is 7.31. The van der Waals surface area contributed by atoms with E-state index >= 15 is 0 Å². The first-order valence-electron chi connectivity index (χ1n) is 4.10. The Morgan fingerprint density at radius 1 is 1.54 bits per heavy atom. The van der Waals surface area contributed by atoms with Gasteiger partial charge in [0, 0.05) is 4.88 Å². The molecule has 1 rings (SSSR count). The van der Waals surface area contributed by atoms with Gasteiger partial charge in [-0.05, 0) is 33.0 Å². The van der Waals surface area contributed by atoms with Crippen LogP contribution in [0.3, 0.4) is 0 Å². The zero-order chi connectivity index (χ0) is 10.1. The number of hydrogen-bond donors (Lipinski definition) is 2. The van der Waals surface area contributed by atoms with Crippen LogP contribution >= 0.6 is 22.9 Å². The molecule has 0 aliphatic heterocycles. The van der Waals surface area contributed by atoms with Crippen molar-refractivity contribution in [1.29, 1.82) is 0 Å². The van der Waals surface area contributed by atoms with Crippen LogP contribution < -0.4 is 5.32 Å². The van der Waals surface area contributed by atoms with Gasteiger partial charge in [-0.2, -0.15) is 0 Å². The molecule has 0 spiro atoms. The molecule has 1 aromatic rings. The van der Waals surface area contributed by atoms with E-state index in [0.29, 0.717) is 0 Å². The summed E-state index contributed by atoms with van der Waals surface area (Å²) in [5.41, 5.74) is -0.775. The highest BCUT2D eigenvalue weighted by molar-refractivity contribution is 7.16. The third-order valence-corrected chi connectivity index (χ3v) is 3.17. The first-order chi connectivity index (χ1) is 5.95. The van der Waals surface area contributed by atoms with Crippen molar-refractivity contribution in [3.63, 3.8) is 0 Å². The molecule has 2 N–H and O–H groups in total. The van der Waals surface area contributed by atoms with E-state index in [1.165, 1.54) is 11.3 Å². The van der Waals surface area contributed by atoms with E-state index in [9.17, 15) is 5.11 Å². The second-order valence-electron chi connectivity index (χ2n) is 3.52. The lowest BCUT2D eigenvalue weighted by Crippen LogP contribution is -2.36. The van der Waals surface area contributed by atoms with E-state index in [-0.39, 0.29) is 6.04 Å². The molecule has 0 aliphatic carbocycles. The van der Waals surface area contributed by atoms with Crippen LogP contribution in [0.5, 0.6) is 0 Å². The lowest BCUT2D eigenvalue weighted by atomic mass is 9.98. The van der Waals surface area contributed by atoms with E-state index in [1.807, 2.05) is 19.2 Å². The summed E-state index contributed by atoms with van der Waals surface area (Å²) < 4.78 is 0.750. The molecule has 0 saturated carbocycles. The standard InChI is InChI=1S/C9H14ClNOS/c1-9(2,12)8(11-3)6-4-5-7(10)13-6/h4-5,8,11-12H,1-3H3. The Hall–Kier alpha value is -0.0900. The molecule has 0 bridgehead atoms. The monoisotopic (exact) mass is 219 g/mol. The molecule has 2 nitrogen and oxygen atoms in total. The molecule has 0 fully saturated rings. The average Bonchev–Trinajstić information content (AvgIpc) is 2.34. The largest absolute Gasteiger partial charge is 0.388 e. The highest BCUT2D eigenvalue weighted by Crippen LogP contribution is 2.32. The second-order valence-corrected chi connectivity index (χ2v) is 5.26. The normalized spacial score (nSPS) is 14.5. The molecule has 0 saturated heterocycles.